The summed E-state index contributed by atoms with van der Waals surface area (Å²) in [5, 5.41) is 9.10. The summed E-state index contributed by atoms with van der Waals surface area (Å²) in [5.74, 6) is 5.17. The van der Waals surface area contributed by atoms with Crippen molar-refractivity contribution in [3.8, 4) is 6.07 Å². The van der Waals surface area contributed by atoms with E-state index in [1.54, 1.807) is 0 Å². The van der Waals surface area contributed by atoms with Crippen molar-refractivity contribution in [3.63, 3.8) is 0 Å². The van der Waals surface area contributed by atoms with Gasteiger partial charge in [-0.2, -0.15) is 5.26 Å². The molecule has 27 heavy (non-hydrogen) atoms. The number of allylic oxidation sites excluding steroid dienone is 2. The van der Waals surface area contributed by atoms with E-state index in [9.17, 15) is 4.39 Å². The zero-order valence-corrected chi connectivity index (χ0v) is 17.3. The van der Waals surface area contributed by atoms with Gasteiger partial charge in [0, 0.05) is 5.92 Å². The fourth-order valence-corrected chi connectivity index (χ4v) is 6.39. The Morgan fingerprint density at radius 1 is 0.667 bits per heavy atom. The molecule has 0 aromatic rings. The van der Waals surface area contributed by atoms with Crippen LogP contribution in [0.5, 0.6) is 0 Å². The van der Waals surface area contributed by atoms with Crippen LogP contribution in [-0.4, -0.2) is 6.67 Å². The minimum absolute atomic E-state index is 0.217. The largest absolute Gasteiger partial charge is 0.251 e. The van der Waals surface area contributed by atoms with Gasteiger partial charge in [-0.25, -0.2) is 0 Å². The maximum atomic E-state index is 12.1. The summed E-state index contributed by atoms with van der Waals surface area (Å²) in [7, 11) is 0. The number of alkyl halides is 1. The summed E-state index contributed by atoms with van der Waals surface area (Å²) in [6.07, 6.45) is 23.9. The van der Waals surface area contributed by atoms with Crippen LogP contribution in [0.3, 0.4) is 0 Å². The van der Waals surface area contributed by atoms with E-state index in [4.69, 9.17) is 5.26 Å². The molecule has 3 aliphatic rings. The summed E-state index contributed by atoms with van der Waals surface area (Å²) in [6.45, 7) is -0.217. The van der Waals surface area contributed by atoms with Gasteiger partial charge in [-0.15, -0.1) is 0 Å². The summed E-state index contributed by atoms with van der Waals surface area (Å²) < 4.78 is 12.1. The highest BCUT2D eigenvalue weighted by atomic mass is 19.1. The van der Waals surface area contributed by atoms with Gasteiger partial charge in [-0.3, -0.25) is 4.39 Å². The average Bonchev–Trinajstić information content (AvgIpc) is 2.74. The van der Waals surface area contributed by atoms with Crippen molar-refractivity contribution >= 4 is 0 Å². The highest BCUT2D eigenvalue weighted by Gasteiger charge is 2.34. The van der Waals surface area contributed by atoms with Gasteiger partial charge in [-0.1, -0.05) is 25.0 Å². The lowest BCUT2D eigenvalue weighted by Crippen LogP contribution is -2.29. The van der Waals surface area contributed by atoms with E-state index in [2.05, 4.69) is 12.1 Å². The molecular weight excluding hydrogens is 333 g/mol. The summed E-state index contributed by atoms with van der Waals surface area (Å²) in [5.41, 5.74) is 0. The van der Waals surface area contributed by atoms with Crippen LogP contribution in [0.4, 0.5) is 4.39 Å². The molecule has 2 heteroatoms. The van der Waals surface area contributed by atoms with E-state index >= 15 is 0 Å². The fourth-order valence-electron chi connectivity index (χ4n) is 6.39. The van der Waals surface area contributed by atoms with E-state index in [1.165, 1.54) is 70.6 Å². The minimum Gasteiger partial charge on any atom is -0.251 e. The predicted octanol–water partition coefficient (Wildman–Crippen LogP) is 7.63. The molecule has 0 N–H and O–H groups in total. The van der Waals surface area contributed by atoms with Gasteiger partial charge in [0.1, 0.15) is 0 Å². The monoisotopic (exact) mass is 373 g/mol. The van der Waals surface area contributed by atoms with Gasteiger partial charge in [0.25, 0.3) is 0 Å². The van der Waals surface area contributed by atoms with Crippen molar-refractivity contribution in [2.24, 2.45) is 35.5 Å². The van der Waals surface area contributed by atoms with Gasteiger partial charge in [-0.05, 0) is 113 Å². The number of hydrogen-bond donors (Lipinski definition) is 0. The first kappa shape index (κ1) is 20.9. The Balaban J connectivity index is 1.31. The highest BCUT2D eigenvalue weighted by Crippen LogP contribution is 2.46. The molecule has 0 radical (unpaired) electrons. The molecule has 3 aliphatic carbocycles. The Bertz CT molecular complexity index is 469. The van der Waals surface area contributed by atoms with Crippen LogP contribution >= 0.6 is 0 Å². The third kappa shape index (κ3) is 6.33. The van der Waals surface area contributed by atoms with E-state index < -0.39 is 0 Å². The van der Waals surface area contributed by atoms with E-state index in [0.29, 0.717) is 12.3 Å². The zero-order chi connectivity index (χ0) is 18.9. The molecule has 3 rings (SSSR count). The zero-order valence-electron chi connectivity index (χ0n) is 17.3. The van der Waals surface area contributed by atoms with Crippen LogP contribution in [0.1, 0.15) is 96.3 Å². The third-order valence-electron chi connectivity index (χ3n) is 8.18. The molecular formula is C25H40FN. The molecule has 152 valence electrons. The Morgan fingerprint density at radius 3 is 1.59 bits per heavy atom. The summed E-state index contributed by atoms with van der Waals surface area (Å²) >= 11 is 0. The first-order valence-corrected chi connectivity index (χ1v) is 11.9. The van der Waals surface area contributed by atoms with E-state index in [0.717, 1.165) is 48.9 Å². The van der Waals surface area contributed by atoms with Crippen LogP contribution in [0.15, 0.2) is 12.2 Å². The van der Waals surface area contributed by atoms with E-state index in [1.807, 2.05) is 6.08 Å². The Hall–Kier alpha value is -0.840. The van der Waals surface area contributed by atoms with Gasteiger partial charge in [0.2, 0.25) is 0 Å². The van der Waals surface area contributed by atoms with Crippen LogP contribution in [0.2, 0.25) is 0 Å². The number of hydrogen-bond acceptors (Lipinski definition) is 1. The lowest BCUT2D eigenvalue weighted by molar-refractivity contribution is 0.108. The van der Waals surface area contributed by atoms with Crippen LogP contribution in [-0.2, 0) is 0 Å². The Kier molecular flexibility index (Phi) is 8.69. The molecule has 0 heterocycles. The van der Waals surface area contributed by atoms with Gasteiger partial charge >= 0.3 is 0 Å². The summed E-state index contributed by atoms with van der Waals surface area (Å²) in [4.78, 5) is 0. The molecule has 0 spiro atoms. The predicted molar refractivity (Wildman–Crippen MR) is 111 cm³/mol. The molecule has 3 saturated carbocycles. The summed E-state index contributed by atoms with van der Waals surface area (Å²) in [6, 6.07) is 2.48. The minimum atomic E-state index is -0.217. The van der Waals surface area contributed by atoms with Crippen molar-refractivity contribution in [2.45, 2.75) is 96.3 Å². The first-order chi connectivity index (χ1) is 13.3. The lowest BCUT2D eigenvalue weighted by Gasteiger charge is -2.41. The number of nitriles is 1. The van der Waals surface area contributed by atoms with Crippen LogP contribution in [0, 0.1) is 46.8 Å². The lowest BCUT2D eigenvalue weighted by atomic mass is 9.65. The Labute approximate surface area is 166 Å². The smallest absolute Gasteiger partial charge is 0.0928 e. The second kappa shape index (κ2) is 11.2. The van der Waals surface area contributed by atoms with Gasteiger partial charge in [0.05, 0.1) is 12.7 Å². The second-order valence-corrected chi connectivity index (χ2v) is 9.72. The van der Waals surface area contributed by atoms with Crippen molar-refractivity contribution in [2.75, 3.05) is 6.67 Å². The van der Waals surface area contributed by atoms with Crippen molar-refractivity contribution < 1.29 is 4.39 Å². The molecule has 3 fully saturated rings. The molecule has 0 saturated heterocycles. The molecule has 0 atom stereocenters. The molecule has 1 nitrogen and oxygen atoms in total. The highest BCUT2D eigenvalue weighted by molar-refractivity contribution is 4.91. The van der Waals surface area contributed by atoms with Crippen molar-refractivity contribution in [1.82, 2.24) is 0 Å². The van der Waals surface area contributed by atoms with Gasteiger partial charge in [0.15, 0.2) is 0 Å². The number of rotatable bonds is 7. The van der Waals surface area contributed by atoms with Crippen molar-refractivity contribution in [3.05, 3.63) is 12.2 Å². The maximum absolute atomic E-state index is 12.1. The third-order valence-corrected chi connectivity index (χ3v) is 8.18. The number of halogens is 1. The second-order valence-electron chi connectivity index (χ2n) is 9.72. The fraction of sp³-hybridized carbons (Fsp3) is 0.880. The maximum Gasteiger partial charge on any atom is 0.0928 e. The standard InChI is InChI=1S/C25H40FN/c26-18-4-2-1-3-5-20-6-10-22(11-7-20)24-14-16-25(17-15-24)23-12-8-21(19-27)9-13-23/h1-2,20-25H,3-18H2/t20-,21-,22-,23-,24-,25-. The normalized spacial score (nSPS) is 37.9. The van der Waals surface area contributed by atoms with Crippen molar-refractivity contribution in [1.29, 1.82) is 5.26 Å². The van der Waals surface area contributed by atoms with E-state index in [-0.39, 0.29) is 6.67 Å². The van der Waals surface area contributed by atoms with Crippen LogP contribution in [0.25, 0.3) is 0 Å². The average molecular weight is 374 g/mol. The molecule has 0 aliphatic heterocycles. The topological polar surface area (TPSA) is 23.8 Å². The van der Waals surface area contributed by atoms with Crippen LogP contribution < -0.4 is 0 Å². The Morgan fingerprint density at radius 2 is 1.11 bits per heavy atom. The molecule has 0 aromatic carbocycles. The SMILES string of the molecule is N#C[C@H]1CC[C@H]([C@H]2CC[C@H]([C@H]3CC[C@H](CCC=CCCF)CC3)CC2)CC1. The quantitative estimate of drug-likeness (QED) is 0.421. The first-order valence-electron chi connectivity index (χ1n) is 11.9. The molecule has 0 unspecified atom stereocenters. The molecule has 0 aromatic heterocycles. The molecule has 0 amide bonds. The molecule has 0 bridgehead atoms. The number of nitrogens with zero attached hydrogens (tertiary/aromatic N) is 1. The van der Waals surface area contributed by atoms with Gasteiger partial charge < -0.3 is 0 Å².